The molecule has 2 N–H and O–H groups in total. The monoisotopic (exact) mass is 236 g/mol. The Labute approximate surface area is 104 Å². The van der Waals surface area contributed by atoms with Crippen LogP contribution in [0.2, 0.25) is 0 Å². The van der Waals surface area contributed by atoms with Crippen LogP contribution in [0.3, 0.4) is 0 Å². The zero-order chi connectivity index (χ0) is 12.7. The second-order valence-electron chi connectivity index (χ2n) is 4.70. The molecule has 0 radical (unpaired) electrons. The molecule has 3 heteroatoms. The molecule has 0 amide bonds. The van der Waals surface area contributed by atoms with Gasteiger partial charge in [-0.15, -0.1) is 0 Å². The number of aryl methyl sites for hydroxylation is 1. The lowest BCUT2D eigenvalue weighted by Gasteiger charge is -2.14. The first-order valence-corrected chi connectivity index (χ1v) is 6.52. The summed E-state index contributed by atoms with van der Waals surface area (Å²) in [6, 6.07) is 4.01. The van der Waals surface area contributed by atoms with Gasteiger partial charge in [0.05, 0.1) is 5.69 Å². The first-order valence-electron chi connectivity index (χ1n) is 6.52. The minimum absolute atomic E-state index is 0.281. The maximum atomic E-state index is 9.66. The molecule has 1 heterocycles. The fourth-order valence-electron chi connectivity index (χ4n) is 1.81. The average molecular weight is 236 g/mol. The minimum atomic E-state index is 0.281. The van der Waals surface area contributed by atoms with Crippen LogP contribution in [-0.2, 0) is 6.54 Å². The molecule has 0 saturated carbocycles. The molecule has 0 bridgehead atoms. The Morgan fingerprint density at radius 1 is 1.35 bits per heavy atom. The van der Waals surface area contributed by atoms with Crippen molar-refractivity contribution in [2.24, 2.45) is 0 Å². The van der Waals surface area contributed by atoms with Crippen LogP contribution in [0.5, 0.6) is 5.75 Å². The summed E-state index contributed by atoms with van der Waals surface area (Å²) in [4.78, 5) is 4.33. The average Bonchev–Trinajstić information content (AvgIpc) is 2.31. The number of rotatable bonds is 7. The van der Waals surface area contributed by atoms with E-state index < -0.39 is 0 Å². The van der Waals surface area contributed by atoms with Gasteiger partial charge in [0, 0.05) is 18.3 Å². The smallest absolute Gasteiger partial charge is 0.138 e. The molecule has 1 atom stereocenters. The molecule has 0 aliphatic carbocycles. The third-order valence-corrected chi connectivity index (χ3v) is 2.95. The molecule has 0 aromatic carbocycles. The van der Waals surface area contributed by atoms with Gasteiger partial charge < -0.3 is 10.4 Å². The van der Waals surface area contributed by atoms with E-state index in [2.05, 4.69) is 24.1 Å². The summed E-state index contributed by atoms with van der Waals surface area (Å²) in [6.45, 7) is 6.98. The van der Waals surface area contributed by atoms with E-state index in [9.17, 15) is 5.11 Å². The number of unbranched alkanes of at least 4 members (excludes halogenated alkanes) is 2. The lowest BCUT2D eigenvalue weighted by Crippen LogP contribution is -2.25. The van der Waals surface area contributed by atoms with Gasteiger partial charge in [0.25, 0.3) is 0 Å². The van der Waals surface area contributed by atoms with E-state index in [1.165, 1.54) is 25.7 Å². The van der Waals surface area contributed by atoms with E-state index in [-0.39, 0.29) is 5.75 Å². The number of aromatic hydroxyl groups is 1. The number of nitrogens with one attached hydrogen (secondary N) is 1. The summed E-state index contributed by atoms with van der Waals surface area (Å²) in [5.41, 5.74) is 1.69. The van der Waals surface area contributed by atoms with E-state index in [1.54, 1.807) is 6.07 Å². The van der Waals surface area contributed by atoms with Crippen LogP contribution in [0, 0.1) is 6.92 Å². The van der Waals surface area contributed by atoms with Crippen LogP contribution in [0.1, 0.15) is 50.9 Å². The summed E-state index contributed by atoms with van der Waals surface area (Å²) in [7, 11) is 0. The third-order valence-electron chi connectivity index (χ3n) is 2.95. The van der Waals surface area contributed by atoms with E-state index in [1.807, 2.05) is 13.0 Å². The largest absolute Gasteiger partial charge is 0.506 e. The van der Waals surface area contributed by atoms with Crippen molar-refractivity contribution in [1.29, 1.82) is 0 Å². The Morgan fingerprint density at radius 3 is 2.82 bits per heavy atom. The van der Waals surface area contributed by atoms with Gasteiger partial charge >= 0.3 is 0 Å². The highest BCUT2D eigenvalue weighted by molar-refractivity contribution is 5.27. The third kappa shape index (κ3) is 5.18. The fourth-order valence-corrected chi connectivity index (χ4v) is 1.81. The molecule has 0 saturated heterocycles. The standard InChI is InChI=1S/C14H24N2O/c1-4-5-6-7-11(2)15-10-13-14(17)9-8-12(3)16-13/h8-9,11,15,17H,4-7,10H2,1-3H3. The number of pyridine rings is 1. The van der Waals surface area contributed by atoms with Gasteiger partial charge in [-0.25, -0.2) is 0 Å². The summed E-state index contributed by atoms with van der Waals surface area (Å²) in [6.07, 6.45) is 4.99. The normalized spacial score (nSPS) is 12.6. The molecule has 1 rings (SSSR count). The number of nitrogens with zero attached hydrogens (tertiary/aromatic N) is 1. The highest BCUT2D eigenvalue weighted by atomic mass is 16.3. The molecule has 1 aromatic heterocycles. The van der Waals surface area contributed by atoms with Gasteiger partial charge in [0.2, 0.25) is 0 Å². The maximum absolute atomic E-state index is 9.66. The van der Waals surface area contributed by atoms with Crippen LogP contribution < -0.4 is 5.32 Å². The quantitative estimate of drug-likeness (QED) is 0.715. The molecule has 17 heavy (non-hydrogen) atoms. The van der Waals surface area contributed by atoms with Gasteiger partial charge in [-0.3, -0.25) is 4.98 Å². The van der Waals surface area contributed by atoms with Gasteiger partial charge in [-0.1, -0.05) is 26.2 Å². The Hall–Kier alpha value is -1.09. The van der Waals surface area contributed by atoms with Crippen LogP contribution in [0.25, 0.3) is 0 Å². The zero-order valence-electron chi connectivity index (χ0n) is 11.2. The molecule has 3 nitrogen and oxygen atoms in total. The fraction of sp³-hybridized carbons (Fsp3) is 0.643. The van der Waals surface area contributed by atoms with Gasteiger partial charge in [0.1, 0.15) is 5.75 Å². The van der Waals surface area contributed by atoms with Crippen molar-refractivity contribution in [3.05, 3.63) is 23.5 Å². The Bertz CT molecular complexity index is 339. The van der Waals surface area contributed by atoms with Crippen molar-refractivity contribution in [2.45, 2.75) is 59.0 Å². The predicted molar refractivity (Wildman–Crippen MR) is 71.1 cm³/mol. The molecule has 0 aliphatic rings. The topological polar surface area (TPSA) is 45.2 Å². The molecule has 0 spiro atoms. The van der Waals surface area contributed by atoms with Crippen molar-refractivity contribution in [3.63, 3.8) is 0 Å². The second kappa shape index (κ2) is 7.28. The molecule has 0 aliphatic heterocycles. The molecule has 1 aromatic rings. The molecule has 1 unspecified atom stereocenters. The van der Waals surface area contributed by atoms with E-state index in [4.69, 9.17) is 0 Å². The van der Waals surface area contributed by atoms with Crippen molar-refractivity contribution < 1.29 is 5.11 Å². The Kier molecular flexibility index (Phi) is 5.98. The zero-order valence-corrected chi connectivity index (χ0v) is 11.2. The SMILES string of the molecule is CCCCCC(C)NCc1nc(C)ccc1O. The second-order valence-corrected chi connectivity index (χ2v) is 4.70. The first kappa shape index (κ1) is 14.0. The molecule has 96 valence electrons. The van der Waals surface area contributed by atoms with Gasteiger partial charge in [0.15, 0.2) is 0 Å². The van der Waals surface area contributed by atoms with E-state index in [0.29, 0.717) is 12.6 Å². The highest BCUT2D eigenvalue weighted by Crippen LogP contribution is 2.14. The summed E-state index contributed by atoms with van der Waals surface area (Å²) in [5.74, 6) is 0.281. The van der Waals surface area contributed by atoms with Crippen molar-refractivity contribution in [1.82, 2.24) is 10.3 Å². The van der Waals surface area contributed by atoms with E-state index in [0.717, 1.165) is 11.4 Å². The van der Waals surface area contributed by atoms with Gasteiger partial charge in [-0.2, -0.15) is 0 Å². The lowest BCUT2D eigenvalue weighted by molar-refractivity contribution is 0.444. The Morgan fingerprint density at radius 2 is 2.12 bits per heavy atom. The minimum Gasteiger partial charge on any atom is -0.506 e. The maximum Gasteiger partial charge on any atom is 0.138 e. The van der Waals surface area contributed by atoms with Crippen molar-refractivity contribution >= 4 is 0 Å². The summed E-state index contributed by atoms with van der Waals surface area (Å²) < 4.78 is 0. The summed E-state index contributed by atoms with van der Waals surface area (Å²) in [5, 5.41) is 13.1. The molecule has 0 fully saturated rings. The number of aromatic nitrogens is 1. The molecular weight excluding hydrogens is 212 g/mol. The Balaban J connectivity index is 2.36. The van der Waals surface area contributed by atoms with Crippen LogP contribution >= 0.6 is 0 Å². The lowest BCUT2D eigenvalue weighted by atomic mass is 10.1. The van der Waals surface area contributed by atoms with Crippen LogP contribution in [0.15, 0.2) is 12.1 Å². The molecular formula is C14H24N2O. The first-order chi connectivity index (χ1) is 8.13. The van der Waals surface area contributed by atoms with Crippen molar-refractivity contribution in [2.75, 3.05) is 0 Å². The van der Waals surface area contributed by atoms with Gasteiger partial charge in [-0.05, 0) is 32.4 Å². The number of hydrogen-bond acceptors (Lipinski definition) is 3. The highest BCUT2D eigenvalue weighted by Gasteiger charge is 2.05. The van der Waals surface area contributed by atoms with Crippen LogP contribution in [0.4, 0.5) is 0 Å². The van der Waals surface area contributed by atoms with Crippen molar-refractivity contribution in [3.8, 4) is 5.75 Å². The summed E-state index contributed by atoms with van der Waals surface area (Å²) >= 11 is 0. The number of hydrogen-bond donors (Lipinski definition) is 2. The predicted octanol–water partition coefficient (Wildman–Crippen LogP) is 3.15. The van der Waals surface area contributed by atoms with E-state index >= 15 is 0 Å². The van der Waals surface area contributed by atoms with Crippen LogP contribution in [-0.4, -0.2) is 16.1 Å².